The zero-order valence-electron chi connectivity index (χ0n) is 16.7. The zero-order valence-corrected chi connectivity index (χ0v) is 16.7. The molecule has 0 N–H and O–H groups in total. The molecule has 3 aromatic rings. The van der Waals surface area contributed by atoms with Gasteiger partial charge in [-0.25, -0.2) is 0 Å². The van der Waals surface area contributed by atoms with Gasteiger partial charge in [0.25, 0.3) is 0 Å². The van der Waals surface area contributed by atoms with E-state index in [1.165, 1.54) is 57.5 Å². The van der Waals surface area contributed by atoms with Crippen molar-refractivity contribution < 1.29 is 0 Å². The van der Waals surface area contributed by atoms with Crippen LogP contribution in [0.3, 0.4) is 0 Å². The van der Waals surface area contributed by atoms with Crippen LogP contribution in [0.5, 0.6) is 0 Å². The van der Waals surface area contributed by atoms with Crippen LogP contribution in [0.1, 0.15) is 77.0 Å². The van der Waals surface area contributed by atoms with E-state index in [4.69, 9.17) is 0 Å². The maximum atomic E-state index is 2.48. The van der Waals surface area contributed by atoms with E-state index in [2.05, 4.69) is 84.0 Å². The maximum Gasteiger partial charge on any atom is -0.0120 e. The fraction of sp³-hybridized carbons (Fsp3) is 0.440. The molecule has 0 aliphatic rings. The Bertz CT molecular complexity index is 891. The van der Waals surface area contributed by atoms with E-state index in [0.717, 1.165) is 0 Å². The lowest BCUT2D eigenvalue weighted by Gasteiger charge is -2.27. The Balaban J connectivity index is 2.46. The zero-order chi connectivity index (χ0) is 18.2. The Kier molecular flexibility index (Phi) is 4.91. The molecule has 0 amide bonds. The van der Waals surface area contributed by atoms with Crippen LogP contribution < -0.4 is 0 Å². The summed E-state index contributed by atoms with van der Waals surface area (Å²) in [5.74, 6) is 0.517. The second-order valence-electron chi connectivity index (χ2n) is 8.72. The number of hydrogen-bond donors (Lipinski definition) is 0. The molecule has 132 valence electrons. The summed E-state index contributed by atoms with van der Waals surface area (Å²) in [6, 6.07) is 16.2. The van der Waals surface area contributed by atoms with Crippen LogP contribution in [-0.4, -0.2) is 0 Å². The van der Waals surface area contributed by atoms with Gasteiger partial charge in [-0.1, -0.05) is 90.4 Å². The first-order valence-electron chi connectivity index (χ1n) is 9.82. The number of benzene rings is 3. The first kappa shape index (κ1) is 18.0. The van der Waals surface area contributed by atoms with Crippen LogP contribution in [-0.2, 0) is 11.8 Å². The summed E-state index contributed by atoms with van der Waals surface area (Å²) in [5.41, 5.74) is 4.60. The topological polar surface area (TPSA) is 0 Å². The Hall–Kier alpha value is -1.82. The van der Waals surface area contributed by atoms with Gasteiger partial charge in [0.2, 0.25) is 0 Å². The van der Waals surface area contributed by atoms with E-state index in [1.54, 1.807) is 0 Å². The van der Waals surface area contributed by atoms with Gasteiger partial charge in [-0.2, -0.15) is 0 Å². The molecule has 0 saturated carbocycles. The Morgan fingerprint density at radius 2 is 1.48 bits per heavy atom. The van der Waals surface area contributed by atoms with Gasteiger partial charge in [0, 0.05) is 0 Å². The molecule has 0 aliphatic heterocycles. The summed E-state index contributed by atoms with van der Waals surface area (Å²) in [6.07, 6.45) is 3.69. The van der Waals surface area contributed by atoms with Gasteiger partial charge in [0.1, 0.15) is 0 Å². The largest absolute Gasteiger partial charge is 0.0654 e. The van der Waals surface area contributed by atoms with Crippen molar-refractivity contribution in [1.82, 2.24) is 0 Å². The van der Waals surface area contributed by atoms with E-state index >= 15 is 0 Å². The summed E-state index contributed by atoms with van der Waals surface area (Å²) in [4.78, 5) is 0. The molecule has 0 saturated heterocycles. The SMILES string of the molecule is CCCCc1ccc2c(C(C)C)c3ccccc3c(C(C)(C)C)c2c1. The van der Waals surface area contributed by atoms with Gasteiger partial charge in [0.05, 0.1) is 0 Å². The van der Waals surface area contributed by atoms with Gasteiger partial charge < -0.3 is 0 Å². The first-order chi connectivity index (χ1) is 11.8. The quantitative estimate of drug-likeness (QED) is 0.428. The number of unbranched alkanes of at least 4 members (excludes halogenated alkanes) is 1. The second kappa shape index (κ2) is 6.83. The second-order valence-corrected chi connectivity index (χ2v) is 8.72. The molecule has 25 heavy (non-hydrogen) atoms. The highest BCUT2D eigenvalue weighted by Crippen LogP contribution is 2.42. The molecule has 0 atom stereocenters. The van der Waals surface area contributed by atoms with Crippen molar-refractivity contribution in [1.29, 1.82) is 0 Å². The van der Waals surface area contributed by atoms with Crippen molar-refractivity contribution in [3.8, 4) is 0 Å². The number of hydrogen-bond acceptors (Lipinski definition) is 0. The molecule has 0 unspecified atom stereocenters. The minimum Gasteiger partial charge on any atom is -0.0654 e. The Labute approximate surface area is 153 Å². The Morgan fingerprint density at radius 1 is 0.840 bits per heavy atom. The molecule has 0 fully saturated rings. The van der Waals surface area contributed by atoms with E-state index in [0.29, 0.717) is 5.92 Å². The molecule has 3 aromatic carbocycles. The molecule has 3 rings (SSSR count). The van der Waals surface area contributed by atoms with E-state index in [9.17, 15) is 0 Å². The third-order valence-electron chi connectivity index (χ3n) is 5.28. The van der Waals surface area contributed by atoms with Crippen LogP contribution in [0.4, 0.5) is 0 Å². The van der Waals surface area contributed by atoms with Gasteiger partial charge in [-0.3, -0.25) is 0 Å². The lowest BCUT2D eigenvalue weighted by molar-refractivity contribution is 0.601. The van der Waals surface area contributed by atoms with Gasteiger partial charge in [0.15, 0.2) is 0 Å². The highest BCUT2D eigenvalue weighted by molar-refractivity contribution is 6.07. The highest BCUT2D eigenvalue weighted by Gasteiger charge is 2.23. The monoisotopic (exact) mass is 332 g/mol. The van der Waals surface area contributed by atoms with Crippen molar-refractivity contribution in [3.05, 3.63) is 59.2 Å². The fourth-order valence-electron chi connectivity index (χ4n) is 4.23. The van der Waals surface area contributed by atoms with Crippen LogP contribution in [0.25, 0.3) is 21.5 Å². The van der Waals surface area contributed by atoms with Gasteiger partial charge in [-0.05, 0) is 62.4 Å². The Morgan fingerprint density at radius 3 is 2.08 bits per heavy atom. The van der Waals surface area contributed by atoms with Crippen molar-refractivity contribution in [2.45, 2.75) is 72.1 Å². The average molecular weight is 333 g/mol. The van der Waals surface area contributed by atoms with E-state index in [1.807, 2.05) is 0 Å². The number of rotatable bonds is 4. The van der Waals surface area contributed by atoms with Gasteiger partial charge >= 0.3 is 0 Å². The molecule has 0 heteroatoms. The predicted molar refractivity (Wildman–Crippen MR) is 113 cm³/mol. The van der Waals surface area contributed by atoms with E-state index in [-0.39, 0.29) is 5.41 Å². The van der Waals surface area contributed by atoms with Gasteiger partial charge in [-0.15, -0.1) is 0 Å². The highest BCUT2D eigenvalue weighted by atomic mass is 14.3. The van der Waals surface area contributed by atoms with Crippen LogP contribution in [0.2, 0.25) is 0 Å². The van der Waals surface area contributed by atoms with Crippen LogP contribution in [0, 0.1) is 0 Å². The molecule has 0 radical (unpaired) electrons. The molecule has 0 heterocycles. The van der Waals surface area contributed by atoms with E-state index < -0.39 is 0 Å². The molecule has 0 aromatic heterocycles. The standard InChI is InChI=1S/C25H32/c1-7-8-11-18-14-15-20-22(16-18)24(25(4,5)6)21-13-10-9-12-19(21)23(20)17(2)3/h9-10,12-17H,7-8,11H2,1-6H3. The third kappa shape index (κ3) is 3.32. The predicted octanol–water partition coefficient (Wildman–Crippen LogP) is 7.76. The lowest BCUT2D eigenvalue weighted by atomic mass is 9.77. The smallest absolute Gasteiger partial charge is 0.0120 e. The van der Waals surface area contributed by atoms with Crippen molar-refractivity contribution >= 4 is 21.5 Å². The first-order valence-corrected chi connectivity index (χ1v) is 9.82. The molecular weight excluding hydrogens is 300 g/mol. The minimum atomic E-state index is 0.122. The van der Waals surface area contributed by atoms with Crippen LogP contribution in [0.15, 0.2) is 42.5 Å². The normalized spacial score (nSPS) is 12.4. The average Bonchev–Trinajstić information content (AvgIpc) is 2.55. The summed E-state index contributed by atoms with van der Waals surface area (Å²) in [6.45, 7) is 14.0. The summed E-state index contributed by atoms with van der Waals surface area (Å²) >= 11 is 0. The molecule has 0 nitrogen and oxygen atoms in total. The molecular formula is C25H32. The molecule has 0 spiro atoms. The summed E-state index contributed by atoms with van der Waals surface area (Å²) in [5, 5.41) is 5.76. The summed E-state index contributed by atoms with van der Waals surface area (Å²) < 4.78 is 0. The van der Waals surface area contributed by atoms with Crippen molar-refractivity contribution in [3.63, 3.8) is 0 Å². The number of fused-ring (bicyclic) bond motifs is 2. The van der Waals surface area contributed by atoms with Crippen molar-refractivity contribution in [2.75, 3.05) is 0 Å². The molecule has 0 bridgehead atoms. The van der Waals surface area contributed by atoms with Crippen LogP contribution >= 0.6 is 0 Å². The molecule has 0 aliphatic carbocycles. The lowest BCUT2D eigenvalue weighted by Crippen LogP contribution is -2.14. The summed E-state index contributed by atoms with van der Waals surface area (Å²) in [7, 11) is 0. The fourth-order valence-corrected chi connectivity index (χ4v) is 4.23. The van der Waals surface area contributed by atoms with Crippen molar-refractivity contribution in [2.24, 2.45) is 0 Å². The maximum absolute atomic E-state index is 2.48. The number of aryl methyl sites for hydroxylation is 1. The minimum absolute atomic E-state index is 0.122. The third-order valence-corrected chi connectivity index (χ3v) is 5.28.